The molecular weight excluding hydrogens is 258 g/mol. The fourth-order valence-electron chi connectivity index (χ4n) is 1.96. The number of aliphatic hydroxyl groups excluding tert-OH is 1. The number of aromatic hydroxyl groups is 1. The van der Waals surface area contributed by atoms with Crippen molar-refractivity contribution in [3.63, 3.8) is 0 Å². The SMILES string of the molecule is CC(C)(CO)Cn1c(O)c(Cc2ccncc2)[nH]c1=O. The fourth-order valence-corrected chi connectivity index (χ4v) is 1.96. The van der Waals surface area contributed by atoms with Crippen molar-refractivity contribution in [2.75, 3.05) is 6.61 Å². The van der Waals surface area contributed by atoms with Gasteiger partial charge in [0.05, 0.1) is 5.69 Å². The van der Waals surface area contributed by atoms with Crippen molar-refractivity contribution in [1.29, 1.82) is 0 Å². The van der Waals surface area contributed by atoms with Gasteiger partial charge in [-0.2, -0.15) is 0 Å². The number of nitrogens with zero attached hydrogens (tertiary/aromatic N) is 2. The van der Waals surface area contributed by atoms with E-state index >= 15 is 0 Å². The molecule has 6 heteroatoms. The molecule has 0 atom stereocenters. The minimum Gasteiger partial charge on any atom is -0.493 e. The van der Waals surface area contributed by atoms with Crippen LogP contribution in [0, 0.1) is 5.41 Å². The van der Waals surface area contributed by atoms with E-state index in [1.165, 1.54) is 4.57 Å². The molecule has 2 aromatic rings. The van der Waals surface area contributed by atoms with Crippen LogP contribution in [0.3, 0.4) is 0 Å². The summed E-state index contributed by atoms with van der Waals surface area (Å²) in [6.45, 7) is 3.84. The van der Waals surface area contributed by atoms with Crippen LogP contribution in [-0.2, 0) is 13.0 Å². The Morgan fingerprint density at radius 3 is 2.60 bits per heavy atom. The van der Waals surface area contributed by atoms with Crippen LogP contribution in [0.15, 0.2) is 29.3 Å². The predicted octanol–water partition coefficient (Wildman–Crippen LogP) is 0.886. The number of nitrogens with one attached hydrogen (secondary N) is 1. The molecule has 6 nitrogen and oxygen atoms in total. The van der Waals surface area contributed by atoms with Gasteiger partial charge in [-0.1, -0.05) is 13.8 Å². The summed E-state index contributed by atoms with van der Waals surface area (Å²) in [5.74, 6) is -0.0756. The minimum absolute atomic E-state index is 0.0657. The molecular formula is C14H19N3O3. The highest BCUT2D eigenvalue weighted by molar-refractivity contribution is 5.26. The third kappa shape index (κ3) is 3.08. The second-order valence-electron chi connectivity index (χ2n) is 5.67. The zero-order chi connectivity index (χ0) is 14.8. The van der Waals surface area contributed by atoms with Gasteiger partial charge in [0.1, 0.15) is 0 Å². The first-order valence-corrected chi connectivity index (χ1v) is 6.43. The number of aromatic amines is 1. The molecule has 0 aromatic carbocycles. The normalized spacial score (nSPS) is 11.8. The van der Waals surface area contributed by atoms with E-state index in [4.69, 9.17) is 0 Å². The zero-order valence-corrected chi connectivity index (χ0v) is 11.6. The molecule has 0 unspecified atom stereocenters. The molecule has 0 fully saturated rings. The van der Waals surface area contributed by atoms with E-state index in [1.807, 2.05) is 26.0 Å². The molecule has 0 saturated heterocycles. The number of imidazole rings is 1. The Kier molecular flexibility index (Phi) is 3.94. The van der Waals surface area contributed by atoms with Gasteiger partial charge < -0.3 is 15.2 Å². The number of pyridine rings is 1. The van der Waals surface area contributed by atoms with E-state index in [0.717, 1.165) is 5.56 Å². The van der Waals surface area contributed by atoms with Crippen LogP contribution >= 0.6 is 0 Å². The number of aromatic nitrogens is 3. The first-order valence-electron chi connectivity index (χ1n) is 6.43. The summed E-state index contributed by atoms with van der Waals surface area (Å²) in [7, 11) is 0. The van der Waals surface area contributed by atoms with Gasteiger partial charge in [-0.05, 0) is 17.7 Å². The lowest BCUT2D eigenvalue weighted by Crippen LogP contribution is -2.29. The lowest BCUT2D eigenvalue weighted by molar-refractivity contribution is 0.136. The molecule has 2 aromatic heterocycles. The summed E-state index contributed by atoms with van der Waals surface area (Å²) in [6, 6.07) is 3.65. The summed E-state index contributed by atoms with van der Waals surface area (Å²) < 4.78 is 1.26. The summed E-state index contributed by atoms with van der Waals surface area (Å²) in [5, 5.41) is 19.4. The topological polar surface area (TPSA) is 91.1 Å². The molecule has 0 amide bonds. The Balaban J connectivity index is 2.28. The van der Waals surface area contributed by atoms with Gasteiger partial charge in [0.25, 0.3) is 0 Å². The highest BCUT2D eigenvalue weighted by Crippen LogP contribution is 2.22. The van der Waals surface area contributed by atoms with Gasteiger partial charge in [-0.15, -0.1) is 0 Å². The molecule has 2 rings (SSSR count). The Morgan fingerprint density at radius 1 is 1.35 bits per heavy atom. The second-order valence-corrected chi connectivity index (χ2v) is 5.67. The predicted molar refractivity (Wildman–Crippen MR) is 74.6 cm³/mol. The molecule has 0 aliphatic rings. The highest BCUT2D eigenvalue weighted by Gasteiger charge is 2.22. The van der Waals surface area contributed by atoms with Crippen molar-refractivity contribution in [3.8, 4) is 5.88 Å². The third-order valence-corrected chi connectivity index (χ3v) is 3.17. The maximum atomic E-state index is 11.9. The summed E-state index contributed by atoms with van der Waals surface area (Å²) >= 11 is 0. The largest absolute Gasteiger partial charge is 0.493 e. The van der Waals surface area contributed by atoms with E-state index < -0.39 is 5.41 Å². The third-order valence-electron chi connectivity index (χ3n) is 3.17. The monoisotopic (exact) mass is 277 g/mol. The molecule has 0 bridgehead atoms. The van der Waals surface area contributed by atoms with E-state index in [-0.39, 0.29) is 24.7 Å². The fraction of sp³-hybridized carbons (Fsp3) is 0.429. The van der Waals surface area contributed by atoms with Gasteiger partial charge in [0.2, 0.25) is 5.88 Å². The summed E-state index contributed by atoms with van der Waals surface area (Å²) in [5.41, 5.74) is 0.574. The van der Waals surface area contributed by atoms with Crippen molar-refractivity contribution >= 4 is 0 Å². The molecule has 3 N–H and O–H groups in total. The summed E-state index contributed by atoms with van der Waals surface area (Å²) in [4.78, 5) is 18.5. The minimum atomic E-state index is -0.475. The van der Waals surface area contributed by atoms with Crippen LogP contribution in [0.2, 0.25) is 0 Å². The van der Waals surface area contributed by atoms with Crippen LogP contribution < -0.4 is 5.69 Å². The van der Waals surface area contributed by atoms with E-state index in [9.17, 15) is 15.0 Å². The Bertz CT molecular complexity index is 629. The molecule has 0 aliphatic carbocycles. The maximum absolute atomic E-state index is 11.9. The molecule has 108 valence electrons. The van der Waals surface area contributed by atoms with Crippen LogP contribution in [-0.4, -0.2) is 31.4 Å². The van der Waals surface area contributed by atoms with Crippen molar-refractivity contribution in [3.05, 3.63) is 46.3 Å². The molecule has 20 heavy (non-hydrogen) atoms. The maximum Gasteiger partial charge on any atom is 0.328 e. The van der Waals surface area contributed by atoms with Crippen LogP contribution in [0.1, 0.15) is 25.1 Å². The highest BCUT2D eigenvalue weighted by atomic mass is 16.3. The number of hydrogen-bond donors (Lipinski definition) is 3. The number of aliphatic hydroxyl groups is 1. The first kappa shape index (κ1) is 14.3. The first-order chi connectivity index (χ1) is 9.43. The standard InChI is InChI=1S/C14H19N3O3/c1-14(2,9-18)8-17-12(19)11(16-13(17)20)7-10-3-5-15-6-4-10/h3-6,18-19H,7-9H2,1-2H3,(H,16,20). The average Bonchev–Trinajstić information content (AvgIpc) is 2.67. The number of hydrogen-bond acceptors (Lipinski definition) is 4. The van der Waals surface area contributed by atoms with Crippen molar-refractivity contribution < 1.29 is 10.2 Å². The van der Waals surface area contributed by atoms with E-state index in [2.05, 4.69) is 9.97 Å². The second kappa shape index (κ2) is 5.50. The van der Waals surface area contributed by atoms with Gasteiger partial charge >= 0.3 is 5.69 Å². The van der Waals surface area contributed by atoms with Crippen LogP contribution in [0.25, 0.3) is 0 Å². The van der Waals surface area contributed by atoms with Gasteiger partial charge in [-0.25, -0.2) is 4.79 Å². The van der Waals surface area contributed by atoms with Gasteiger partial charge in [0.15, 0.2) is 0 Å². The van der Waals surface area contributed by atoms with Crippen LogP contribution in [0.4, 0.5) is 0 Å². The number of rotatable bonds is 5. The molecule has 2 heterocycles. The lowest BCUT2D eigenvalue weighted by Gasteiger charge is -2.21. The Hall–Kier alpha value is -2.08. The van der Waals surface area contributed by atoms with Gasteiger partial charge in [0, 0.05) is 37.4 Å². The Morgan fingerprint density at radius 2 is 2.00 bits per heavy atom. The van der Waals surface area contributed by atoms with E-state index in [0.29, 0.717) is 12.1 Å². The molecule has 0 aliphatic heterocycles. The summed E-state index contributed by atoms with van der Waals surface area (Å²) in [6.07, 6.45) is 3.75. The van der Waals surface area contributed by atoms with Crippen LogP contribution in [0.5, 0.6) is 5.88 Å². The van der Waals surface area contributed by atoms with Crippen molar-refractivity contribution in [2.45, 2.75) is 26.8 Å². The molecule has 0 radical (unpaired) electrons. The average molecular weight is 277 g/mol. The number of H-pyrrole nitrogens is 1. The molecule has 0 saturated carbocycles. The Labute approximate surface area is 116 Å². The van der Waals surface area contributed by atoms with Crippen molar-refractivity contribution in [2.24, 2.45) is 5.41 Å². The van der Waals surface area contributed by atoms with Gasteiger partial charge in [-0.3, -0.25) is 9.55 Å². The smallest absolute Gasteiger partial charge is 0.328 e. The quantitative estimate of drug-likeness (QED) is 0.757. The lowest BCUT2D eigenvalue weighted by atomic mass is 9.95. The molecule has 0 spiro atoms. The zero-order valence-electron chi connectivity index (χ0n) is 11.6. The van der Waals surface area contributed by atoms with Crippen molar-refractivity contribution in [1.82, 2.24) is 14.5 Å². The van der Waals surface area contributed by atoms with E-state index in [1.54, 1.807) is 12.4 Å².